The van der Waals surface area contributed by atoms with E-state index in [1.54, 1.807) is 30.3 Å². The van der Waals surface area contributed by atoms with E-state index in [9.17, 15) is 23.1 Å². The molecule has 1 aliphatic rings. The Morgan fingerprint density at radius 2 is 1.79 bits per heavy atom. The van der Waals surface area contributed by atoms with Crippen LogP contribution in [0.4, 0.5) is 5.69 Å². The van der Waals surface area contributed by atoms with Crippen LogP contribution >= 0.6 is 0 Å². The Balaban J connectivity index is 1.83. The molecule has 0 bridgehead atoms. The first-order valence-electron chi connectivity index (χ1n) is 8.33. The van der Waals surface area contributed by atoms with Crippen molar-refractivity contribution >= 4 is 43.9 Å². The van der Waals surface area contributed by atoms with Gasteiger partial charge in [0.1, 0.15) is 18.9 Å². The Labute approximate surface area is 161 Å². The first kappa shape index (κ1) is 19.6. The van der Waals surface area contributed by atoms with Crippen LogP contribution in [0, 0.1) is 5.41 Å². The number of carbonyl (C=O) groups excluding carboxylic acids is 2. The van der Waals surface area contributed by atoms with Crippen molar-refractivity contribution in [2.75, 3.05) is 17.5 Å². The molecule has 0 radical (unpaired) electrons. The molecule has 0 saturated heterocycles. The highest BCUT2D eigenvalue weighted by Crippen LogP contribution is 2.41. The van der Waals surface area contributed by atoms with Crippen molar-refractivity contribution in [3.05, 3.63) is 47.7 Å². The normalized spacial score (nSPS) is 15.3. The summed E-state index contributed by atoms with van der Waals surface area (Å²) in [6.45, 7) is 1.29. The minimum atomic E-state index is -3.91. The number of rotatable bonds is 6. The molecule has 1 aliphatic heterocycles. The second-order valence-electron chi connectivity index (χ2n) is 6.31. The van der Waals surface area contributed by atoms with Gasteiger partial charge in [0.05, 0.1) is 16.2 Å². The third-order valence-corrected chi connectivity index (χ3v) is 6.14. The second-order valence-corrected chi connectivity index (χ2v) is 8.14. The summed E-state index contributed by atoms with van der Waals surface area (Å²) in [4.78, 5) is 23.8. The average Bonchev–Trinajstić information content (AvgIpc) is 2.83. The van der Waals surface area contributed by atoms with E-state index in [2.05, 4.69) is 0 Å². The smallest absolute Gasteiger partial charge is 0.327 e. The molecule has 0 aliphatic carbocycles. The van der Waals surface area contributed by atoms with E-state index in [1.165, 1.54) is 19.9 Å². The van der Waals surface area contributed by atoms with Gasteiger partial charge in [0.25, 0.3) is 10.0 Å². The summed E-state index contributed by atoms with van der Waals surface area (Å²) in [5.41, 5.74) is -0.0198. The summed E-state index contributed by atoms with van der Waals surface area (Å²) in [6.07, 6.45) is 0. The maximum absolute atomic E-state index is 12.8. The number of sulfonamides is 1. The number of ketones is 1. The lowest BCUT2D eigenvalue weighted by molar-refractivity contribution is -0.141. The zero-order chi connectivity index (χ0) is 20.6. The van der Waals surface area contributed by atoms with Gasteiger partial charge >= 0.3 is 5.97 Å². The number of hydrogen-bond donors (Lipinski definition) is 2. The summed E-state index contributed by atoms with van der Waals surface area (Å²) >= 11 is 0. The van der Waals surface area contributed by atoms with E-state index in [4.69, 9.17) is 10.1 Å². The van der Waals surface area contributed by atoms with Crippen LogP contribution in [0.15, 0.2) is 52.6 Å². The van der Waals surface area contributed by atoms with E-state index < -0.39 is 40.7 Å². The predicted octanol–water partition coefficient (Wildman–Crippen LogP) is 2.33. The fourth-order valence-corrected chi connectivity index (χ4v) is 4.85. The van der Waals surface area contributed by atoms with Gasteiger partial charge in [0, 0.05) is 11.1 Å². The van der Waals surface area contributed by atoms with Crippen molar-refractivity contribution in [1.29, 1.82) is 5.41 Å². The highest BCUT2D eigenvalue weighted by Gasteiger charge is 2.37. The molecular formula is C19H18N2O6S. The zero-order valence-corrected chi connectivity index (χ0v) is 16.0. The predicted molar refractivity (Wildman–Crippen MR) is 103 cm³/mol. The van der Waals surface area contributed by atoms with Crippen molar-refractivity contribution in [3.63, 3.8) is 0 Å². The number of allylic oxidation sites excluding steroid dienone is 1. The maximum Gasteiger partial charge on any atom is 0.327 e. The first-order chi connectivity index (χ1) is 13.1. The highest BCUT2D eigenvalue weighted by molar-refractivity contribution is 7.93. The number of aliphatic hydroxyl groups excluding tert-OH is 1. The largest absolute Gasteiger partial charge is 0.508 e. The molecule has 9 heteroatoms. The zero-order valence-electron chi connectivity index (χ0n) is 15.2. The van der Waals surface area contributed by atoms with Crippen LogP contribution in [0.1, 0.15) is 13.8 Å². The molecule has 0 saturated carbocycles. The van der Waals surface area contributed by atoms with E-state index in [0.717, 1.165) is 9.69 Å². The van der Waals surface area contributed by atoms with Crippen molar-refractivity contribution in [1.82, 2.24) is 0 Å². The number of carbonyl (C=O) groups is 2. The van der Waals surface area contributed by atoms with Crippen LogP contribution in [0.2, 0.25) is 0 Å². The molecule has 3 rings (SSSR count). The molecule has 2 aromatic rings. The lowest BCUT2D eigenvalue weighted by Crippen LogP contribution is -2.34. The van der Waals surface area contributed by atoms with E-state index in [1.807, 2.05) is 0 Å². The third kappa shape index (κ3) is 3.24. The van der Waals surface area contributed by atoms with Gasteiger partial charge in [-0.1, -0.05) is 24.3 Å². The number of hydrogen-bond acceptors (Lipinski definition) is 7. The van der Waals surface area contributed by atoms with Crippen molar-refractivity contribution in [2.24, 2.45) is 0 Å². The molecule has 28 heavy (non-hydrogen) atoms. The molecule has 146 valence electrons. The molecule has 0 aromatic heterocycles. The summed E-state index contributed by atoms with van der Waals surface area (Å²) in [6, 6.07) is 9.98. The first-order valence-corrected chi connectivity index (χ1v) is 9.77. The number of benzene rings is 2. The number of nitrogens with zero attached hydrogens (tertiary/aromatic N) is 1. The van der Waals surface area contributed by atoms with Crippen molar-refractivity contribution in [3.8, 4) is 0 Å². The summed E-state index contributed by atoms with van der Waals surface area (Å²) in [5, 5.41) is 18.7. The molecule has 0 atom stereocenters. The van der Waals surface area contributed by atoms with Gasteiger partial charge in [0.2, 0.25) is 0 Å². The Kier molecular flexibility index (Phi) is 4.95. The van der Waals surface area contributed by atoms with Gasteiger partial charge < -0.3 is 15.3 Å². The molecule has 2 aromatic carbocycles. The van der Waals surface area contributed by atoms with Gasteiger partial charge in [-0.05, 0) is 31.4 Å². The van der Waals surface area contributed by atoms with Crippen molar-refractivity contribution < 1.29 is 27.9 Å². The summed E-state index contributed by atoms with van der Waals surface area (Å²) in [5.74, 6) is -1.99. The van der Waals surface area contributed by atoms with E-state index >= 15 is 0 Å². The average molecular weight is 402 g/mol. The minimum absolute atomic E-state index is 0.120. The number of Topliss-reactive ketones (excluding diaryl/α,β-unsaturated/α-hetero) is 1. The summed E-state index contributed by atoms with van der Waals surface area (Å²) < 4.78 is 31.5. The number of aliphatic hydroxyl groups is 1. The minimum Gasteiger partial charge on any atom is -0.508 e. The SMILES string of the molecule is CC(=N)/C(C(C)=O)=C(\O)COC(=O)CN1c2cccc3cccc(c23)S1(=O)=O. The van der Waals surface area contributed by atoms with E-state index in [-0.39, 0.29) is 16.2 Å². The number of nitrogens with one attached hydrogen (secondary N) is 1. The number of esters is 1. The van der Waals surface area contributed by atoms with Crippen LogP contribution in [0.3, 0.4) is 0 Å². The maximum atomic E-state index is 12.8. The fraction of sp³-hybridized carbons (Fsp3) is 0.211. The second kappa shape index (κ2) is 7.08. The van der Waals surface area contributed by atoms with Gasteiger partial charge in [-0.25, -0.2) is 8.42 Å². The van der Waals surface area contributed by atoms with Crippen molar-refractivity contribution in [2.45, 2.75) is 18.7 Å². The van der Waals surface area contributed by atoms with Gasteiger partial charge in [0.15, 0.2) is 5.78 Å². The van der Waals surface area contributed by atoms with Gasteiger partial charge in [-0.2, -0.15) is 0 Å². The molecule has 2 N–H and O–H groups in total. The Bertz CT molecular complexity index is 1130. The lowest BCUT2D eigenvalue weighted by atomic mass is 10.1. The van der Waals surface area contributed by atoms with Crippen LogP contribution in [-0.4, -0.2) is 44.1 Å². The van der Waals surface area contributed by atoms with Crippen LogP contribution in [0.25, 0.3) is 10.8 Å². The Morgan fingerprint density at radius 1 is 1.14 bits per heavy atom. The molecule has 1 heterocycles. The Hall–Kier alpha value is -3.20. The van der Waals surface area contributed by atoms with Crippen LogP contribution in [0.5, 0.6) is 0 Å². The van der Waals surface area contributed by atoms with E-state index in [0.29, 0.717) is 11.1 Å². The molecule has 0 fully saturated rings. The topological polar surface area (TPSA) is 125 Å². The van der Waals surface area contributed by atoms with Gasteiger partial charge in [-0.3, -0.25) is 13.9 Å². The third-order valence-electron chi connectivity index (χ3n) is 4.34. The molecule has 0 amide bonds. The molecular weight excluding hydrogens is 384 g/mol. The van der Waals surface area contributed by atoms with Crippen LogP contribution < -0.4 is 4.31 Å². The lowest BCUT2D eigenvalue weighted by Gasteiger charge is -2.18. The fourth-order valence-electron chi connectivity index (χ4n) is 3.20. The quantitative estimate of drug-likeness (QED) is 0.331. The highest BCUT2D eigenvalue weighted by atomic mass is 32.2. The Morgan fingerprint density at radius 3 is 2.39 bits per heavy atom. The standard InChI is InChI=1S/C19H18N2O6S/c1-11(20)18(12(2)22)15(23)10-27-17(24)9-21-14-7-3-5-13-6-4-8-16(19(13)14)28(21,25)26/h3-8,20,23H,9-10H2,1-2H3/b18-15+,20-11?. The molecule has 8 nitrogen and oxygen atoms in total. The summed E-state index contributed by atoms with van der Waals surface area (Å²) in [7, 11) is -3.91. The van der Waals surface area contributed by atoms with Gasteiger partial charge in [-0.15, -0.1) is 0 Å². The number of ether oxygens (including phenoxy) is 1. The van der Waals surface area contributed by atoms with Crippen LogP contribution in [-0.2, 0) is 24.3 Å². The number of anilines is 1. The molecule has 0 unspecified atom stereocenters. The molecule has 0 spiro atoms. The monoisotopic (exact) mass is 402 g/mol.